The number of hydrogen-bond acceptors (Lipinski definition) is 5. The zero-order valence-corrected chi connectivity index (χ0v) is 14.6. The van der Waals surface area contributed by atoms with Crippen molar-refractivity contribution >= 4 is 18.0 Å². The Hall–Kier alpha value is -2.50. The van der Waals surface area contributed by atoms with E-state index in [1.165, 1.54) is 6.08 Å². The molecule has 2 aliphatic rings. The molecule has 6 nitrogen and oxygen atoms in total. The van der Waals surface area contributed by atoms with Crippen molar-refractivity contribution in [1.82, 2.24) is 4.90 Å². The molecule has 1 amide bonds. The summed E-state index contributed by atoms with van der Waals surface area (Å²) in [4.78, 5) is 25.8. The van der Waals surface area contributed by atoms with Gasteiger partial charge < -0.3 is 19.1 Å². The molecule has 0 aliphatic carbocycles. The first-order chi connectivity index (χ1) is 12.0. The van der Waals surface area contributed by atoms with Gasteiger partial charge in [-0.3, -0.25) is 4.79 Å². The zero-order valence-electron chi connectivity index (χ0n) is 14.6. The molecule has 2 aliphatic heterocycles. The lowest BCUT2D eigenvalue weighted by Gasteiger charge is -2.34. The van der Waals surface area contributed by atoms with Crippen LogP contribution in [0.15, 0.2) is 24.3 Å². The number of nitrogens with zero attached hydrogens (tertiary/aromatic N) is 1. The molecule has 2 heterocycles. The van der Waals surface area contributed by atoms with Gasteiger partial charge in [-0.05, 0) is 42.0 Å². The highest BCUT2D eigenvalue weighted by Crippen LogP contribution is 2.32. The highest BCUT2D eigenvalue weighted by Gasteiger charge is 2.25. The maximum atomic E-state index is 12.2. The summed E-state index contributed by atoms with van der Waals surface area (Å²) in [6.07, 6.45) is 4.06. The first-order valence-corrected chi connectivity index (χ1v) is 8.53. The van der Waals surface area contributed by atoms with Crippen LogP contribution >= 0.6 is 0 Å². The minimum Gasteiger partial charge on any atom is -0.454 e. The van der Waals surface area contributed by atoms with Gasteiger partial charge in [-0.2, -0.15) is 0 Å². The fourth-order valence-corrected chi connectivity index (χ4v) is 3.32. The molecule has 1 saturated heterocycles. The van der Waals surface area contributed by atoms with Gasteiger partial charge in [-0.1, -0.05) is 19.9 Å². The molecule has 1 aromatic carbocycles. The zero-order chi connectivity index (χ0) is 17.8. The maximum Gasteiger partial charge on any atom is 0.331 e. The summed E-state index contributed by atoms with van der Waals surface area (Å²) in [7, 11) is 0. The molecule has 0 radical (unpaired) electrons. The van der Waals surface area contributed by atoms with E-state index < -0.39 is 5.97 Å². The Labute approximate surface area is 147 Å². The van der Waals surface area contributed by atoms with Crippen LogP contribution in [0.3, 0.4) is 0 Å². The lowest BCUT2D eigenvalue weighted by atomic mass is 9.92. The quantitative estimate of drug-likeness (QED) is 0.620. The second-order valence-electron chi connectivity index (χ2n) is 6.80. The van der Waals surface area contributed by atoms with Gasteiger partial charge in [-0.25, -0.2) is 4.79 Å². The number of esters is 1. The molecular weight excluding hydrogens is 322 g/mol. The van der Waals surface area contributed by atoms with E-state index in [9.17, 15) is 9.59 Å². The van der Waals surface area contributed by atoms with E-state index in [-0.39, 0.29) is 19.3 Å². The Balaban J connectivity index is 1.48. The fourth-order valence-electron chi connectivity index (χ4n) is 3.32. The van der Waals surface area contributed by atoms with Gasteiger partial charge in [0.05, 0.1) is 0 Å². The normalized spacial score (nSPS) is 22.2. The van der Waals surface area contributed by atoms with E-state index in [0.29, 0.717) is 23.3 Å². The summed E-state index contributed by atoms with van der Waals surface area (Å²) in [5, 5.41) is 0. The Bertz CT molecular complexity index is 674. The number of ether oxygens (including phenoxy) is 3. The second kappa shape index (κ2) is 7.59. The average molecular weight is 345 g/mol. The third-order valence-electron chi connectivity index (χ3n) is 4.37. The van der Waals surface area contributed by atoms with Crippen LogP contribution in [0.25, 0.3) is 6.08 Å². The summed E-state index contributed by atoms with van der Waals surface area (Å²) in [6, 6.07) is 5.39. The third-order valence-corrected chi connectivity index (χ3v) is 4.37. The largest absolute Gasteiger partial charge is 0.454 e. The van der Waals surface area contributed by atoms with E-state index in [1.54, 1.807) is 23.1 Å². The van der Waals surface area contributed by atoms with Crippen molar-refractivity contribution in [2.24, 2.45) is 11.8 Å². The van der Waals surface area contributed by atoms with E-state index in [1.807, 2.05) is 6.07 Å². The molecule has 1 aromatic rings. The summed E-state index contributed by atoms with van der Waals surface area (Å²) in [5.74, 6) is 1.63. The smallest absolute Gasteiger partial charge is 0.331 e. The summed E-state index contributed by atoms with van der Waals surface area (Å²) >= 11 is 0. The van der Waals surface area contributed by atoms with Gasteiger partial charge in [0.2, 0.25) is 6.79 Å². The first-order valence-electron chi connectivity index (χ1n) is 8.53. The van der Waals surface area contributed by atoms with Crippen LogP contribution in [-0.4, -0.2) is 43.3 Å². The molecule has 6 heteroatoms. The van der Waals surface area contributed by atoms with Crippen LogP contribution in [0, 0.1) is 11.8 Å². The van der Waals surface area contributed by atoms with Crippen molar-refractivity contribution in [3.63, 3.8) is 0 Å². The number of likely N-dealkylation sites (tertiary alicyclic amines) is 1. The molecule has 25 heavy (non-hydrogen) atoms. The average Bonchev–Trinajstić information content (AvgIpc) is 3.04. The van der Waals surface area contributed by atoms with Crippen LogP contribution in [-0.2, 0) is 14.3 Å². The summed E-state index contributed by atoms with van der Waals surface area (Å²) < 4.78 is 15.6. The number of piperidine rings is 1. The first kappa shape index (κ1) is 17.3. The molecule has 0 spiro atoms. The van der Waals surface area contributed by atoms with Crippen molar-refractivity contribution in [2.75, 3.05) is 26.5 Å². The molecule has 2 atom stereocenters. The number of hydrogen-bond donors (Lipinski definition) is 0. The molecular formula is C19H23NO5. The van der Waals surface area contributed by atoms with Gasteiger partial charge in [0, 0.05) is 19.2 Å². The van der Waals surface area contributed by atoms with Crippen LogP contribution in [0.2, 0.25) is 0 Å². The van der Waals surface area contributed by atoms with E-state index in [0.717, 1.165) is 25.1 Å². The summed E-state index contributed by atoms with van der Waals surface area (Å²) in [5.41, 5.74) is 0.797. The molecule has 1 fully saturated rings. The molecule has 0 aromatic heterocycles. The van der Waals surface area contributed by atoms with E-state index >= 15 is 0 Å². The van der Waals surface area contributed by atoms with Crippen molar-refractivity contribution in [3.8, 4) is 11.5 Å². The van der Waals surface area contributed by atoms with Gasteiger partial charge in [0.25, 0.3) is 5.91 Å². The van der Waals surface area contributed by atoms with Gasteiger partial charge in [0.1, 0.15) is 0 Å². The predicted molar refractivity (Wildman–Crippen MR) is 92.1 cm³/mol. The highest BCUT2D eigenvalue weighted by atomic mass is 16.7. The van der Waals surface area contributed by atoms with Crippen molar-refractivity contribution < 1.29 is 23.8 Å². The van der Waals surface area contributed by atoms with Crippen LogP contribution in [0.1, 0.15) is 25.8 Å². The number of fused-ring (bicyclic) bond motifs is 1. The maximum absolute atomic E-state index is 12.2. The topological polar surface area (TPSA) is 65.1 Å². The Morgan fingerprint density at radius 3 is 2.68 bits per heavy atom. The van der Waals surface area contributed by atoms with Crippen molar-refractivity contribution in [3.05, 3.63) is 29.8 Å². The predicted octanol–water partition coefficient (Wildman–Crippen LogP) is 2.48. The van der Waals surface area contributed by atoms with Gasteiger partial charge in [0.15, 0.2) is 18.1 Å². The minimum absolute atomic E-state index is 0.136. The molecule has 0 bridgehead atoms. The minimum atomic E-state index is -0.538. The highest BCUT2D eigenvalue weighted by molar-refractivity contribution is 5.89. The van der Waals surface area contributed by atoms with Crippen LogP contribution in [0.5, 0.6) is 11.5 Å². The standard InChI is InChI=1S/C19H23NO5/c1-13-7-14(2)10-20(9-13)18(21)11-23-19(22)6-4-15-3-5-16-17(8-15)25-12-24-16/h3-6,8,13-14H,7,9-12H2,1-2H3/b6-4+/t13-,14+. The Morgan fingerprint density at radius 2 is 1.92 bits per heavy atom. The van der Waals surface area contributed by atoms with E-state index in [4.69, 9.17) is 14.2 Å². The second-order valence-corrected chi connectivity index (χ2v) is 6.80. The fraction of sp³-hybridized carbons (Fsp3) is 0.474. The Morgan fingerprint density at radius 1 is 1.20 bits per heavy atom. The lowest BCUT2D eigenvalue weighted by Crippen LogP contribution is -2.44. The number of amides is 1. The monoisotopic (exact) mass is 345 g/mol. The number of carbonyl (C=O) groups excluding carboxylic acids is 2. The Kier molecular flexibility index (Phi) is 5.26. The van der Waals surface area contributed by atoms with Crippen LogP contribution < -0.4 is 9.47 Å². The number of carbonyl (C=O) groups is 2. The van der Waals surface area contributed by atoms with E-state index in [2.05, 4.69) is 13.8 Å². The third kappa shape index (κ3) is 4.53. The molecule has 0 N–H and O–H groups in total. The SMILES string of the molecule is C[C@@H]1C[C@H](C)CN(C(=O)COC(=O)/C=C/c2ccc3c(c2)OCO3)C1. The number of benzene rings is 1. The summed E-state index contributed by atoms with van der Waals surface area (Å²) in [6.45, 7) is 5.72. The van der Waals surface area contributed by atoms with Crippen molar-refractivity contribution in [1.29, 1.82) is 0 Å². The molecule has 134 valence electrons. The molecule has 0 unspecified atom stereocenters. The lowest BCUT2D eigenvalue weighted by molar-refractivity contribution is -0.149. The molecule has 0 saturated carbocycles. The van der Waals surface area contributed by atoms with Crippen LogP contribution in [0.4, 0.5) is 0 Å². The molecule has 3 rings (SSSR count). The van der Waals surface area contributed by atoms with Crippen molar-refractivity contribution in [2.45, 2.75) is 20.3 Å². The number of rotatable bonds is 4. The van der Waals surface area contributed by atoms with Gasteiger partial charge in [-0.15, -0.1) is 0 Å². The van der Waals surface area contributed by atoms with Gasteiger partial charge >= 0.3 is 5.97 Å².